The Bertz CT molecular complexity index is 922. The highest BCUT2D eigenvalue weighted by molar-refractivity contribution is 6.30. The molecule has 1 N–H and O–H groups in total. The molecule has 0 radical (unpaired) electrons. The van der Waals surface area contributed by atoms with Gasteiger partial charge in [-0.2, -0.15) is 0 Å². The van der Waals surface area contributed by atoms with Crippen molar-refractivity contribution in [3.05, 3.63) is 64.4 Å². The Balaban J connectivity index is 2.10. The summed E-state index contributed by atoms with van der Waals surface area (Å²) in [6.07, 6.45) is 0.720. The predicted molar refractivity (Wildman–Crippen MR) is 91.8 cm³/mol. The van der Waals surface area contributed by atoms with Crippen LogP contribution < -0.4 is 0 Å². The molecular formula is C19H15ClO4. The summed E-state index contributed by atoms with van der Waals surface area (Å²) in [6, 6.07) is 11.2. The van der Waals surface area contributed by atoms with E-state index >= 15 is 0 Å². The summed E-state index contributed by atoms with van der Waals surface area (Å²) in [5.41, 5.74) is 1.55. The Morgan fingerprint density at radius 1 is 1.12 bits per heavy atom. The number of ketones is 2. The van der Waals surface area contributed by atoms with Gasteiger partial charge < -0.3 is 14.3 Å². The van der Waals surface area contributed by atoms with Crippen LogP contribution in [0.5, 0.6) is 5.75 Å². The minimum absolute atomic E-state index is 0.0352. The third-order valence-electron chi connectivity index (χ3n) is 3.82. The van der Waals surface area contributed by atoms with Gasteiger partial charge in [-0.1, -0.05) is 11.6 Å². The Hall–Kier alpha value is -2.59. The van der Waals surface area contributed by atoms with E-state index in [1.165, 1.54) is 19.1 Å². The molecule has 0 unspecified atom stereocenters. The zero-order valence-corrected chi connectivity index (χ0v) is 13.8. The van der Waals surface area contributed by atoms with E-state index in [2.05, 4.69) is 0 Å². The van der Waals surface area contributed by atoms with E-state index in [1.54, 1.807) is 30.3 Å². The summed E-state index contributed by atoms with van der Waals surface area (Å²) >= 11 is 5.86. The lowest BCUT2D eigenvalue weighted by Crippen LogP contribution is -2.04. The van der Waals surface area contributed by atoms with E-state index in [-0.39, 0.29) is 23.1 Å². The number of hydrogen-bond acceptors (Lipinski definition) is 4. The summed E-state index contributed by atoms with van der Waals surface area (Å²) in [7, 11) is 0. The normalized spacial score (nSPS) is 10.9. The number of phenolic OH excluding ortho intramolecular Hbond substituents is 1. The Kier molecular flexibility index (Phi) is 4.40. The first kappa shape index (κ1) is 16.3. The summed E-state index contributed by atoms with van der Waals surface area (Å²) in [5, 5.41) is 10.9. The van der Waals surface area contributed by atoms with E-state index in [9.17, 15) is 14.7 Å². The number of Topliss-reactive ketones (excluding diaryl/α,β-unsaturated/α-hetero) is 1. The highest BCUT2D eigenvalue weighted by atomic mass is 35.5. The second kappa shape index (κ2) is 6.49. The van der Waals surface area contributed by atoms with Crippen molar-refractivity contribution in [2.75, 3.05) is 0 Å². The quantitative estimate of drug-likeness (QED) is 0.691. The molecule has 1 heterocycles. The minimum atomic E-state index is -0.277. The average Bonchev–Trinajstić information content (AvgIpc) is 2.90. The first-order valence-corrected chi connectivity index (χ1v) is 7.87. The van der Waals surface area contributed by atoms with Crippen LogP contribution in [0.1, 0.15) is 35.0 Å². The van der Waals surface area contributed by atoms with Gasteiger partial charge in [-0.25, -0.2) is 0 Å². The molecule has 24 heavy (non-hydrogen) atoms. The Labute approximate surface area is 143 Å². The Morgan fingerprint density at radius 3 is 2.50 bits per heavy atom. The number of hydrogen-bond donors (Lipinski definition) is 1. The van der Waals surface area contributed by atoms with Crippen molar-refractivity contribution in [3.8, 4) is 5.75 Å². The van der Waals surface area contributed by atoms with Gasteiger partial charge in [0.2, 0.25) is 5.78 Å². The van der Waals surface area contributed by atoms with Gasteiger partial charge in [-0.15, -0.1) is 0 Å². The monoisotopic (exact) mass is 342 g/mol. The lowest BCUT2D eigenvalue weighted by molar-refractivity contribution is -0.116. The number of phenols is 1. The van der Waals surface area contributed by atoms with Crippen molar-refractivity contribution < 1.29 is 19.1 Å². The molecule has 3 rings (SSSR count). The molecule has 0 atom stereocenters. The number of fused-ring (bicyclic) bond motifs is 1. The fourth-order valence-electron chi connectivity index (χ4n) is 2.60. The lowest BCUT2D eigenvalue weighted by atomic mass is 9.99. The topological polar surface area (TPSA) is 67.5 Å². The van der Waals surface area contributed by atoms with Crippen LogP contribution in [0.3, 0.4) is 0 Å². The second-order valence-electron chi connectivity index (χ2n) is 5.63. The van der Waals surface area contributed by atoms with E-state index in [0.717, 1.165) is 5.39 Å². The first-order valence-electron chi connectivity index (χ1n) is 7.50. The summed E-state index contributed by atoms with van der Waals surface area (Å²) in [5.74, 6) is 0.00737. The molecule has 0 fully saturated rings. The van der Waals surface area contributed by atoms with Crippen molar-refractivity contribution in [1.82, 2.24) is 0 Å². The molecule has 2 aromatic carbocycles. The first-order chi connectivity index (χ1) is 11.5. The molecule has 0 saturated heterocycles. The van der Waals surface area contributed by atoms with Crippen LogP contribution in [-0.2, 0) is 11.2 Å². The van der Waals surface area contributed by atoms with Crippen LogP contribution >= 0.6 is 11.6 Å². The molecule has 3 aromatic rings. The molecule has 0 spiro atoms. The minimum Gasteiger partial charge on any atom is -0.508 e. The number of aryl methyl sites for hydroxylation is 1. The molecular weight excluding hydrogens is 328 g/mol. The molecule has 0 bridgehead atoms. The van der Waals surface area contributed by atoms with Crippen molar-refractivity contribution in [2.45, 2.75) is 19.8 Å². The largest absolute Gasteiger partial charge is 0.508 e. The molecule has 5 heteroatoms. The smallest absolute Gasteiger partial charge is 0.228 e. The lowest BCUT2D eigenvalue weighted by Gasteiger charge is -2.02. The van der Waals surface area contributed by atoms with Crippen molar-refractivity contribution in [1.29, 1.82) is 0 Å². The van der Waals surface area contributed by atoms with Gasteiger partial charge in [-0.3, -0.25) is 4.79 Å². The molecule has 0 amide bonds. The number of rotatable bonds is 5. The molecule has 0 aliphatic carbocycles. The third-order valence-corrected chi connectivity index (χ3v) is 4.07. The Morgan fingerprint density at radius 2 is 1.83 bits per heavy atom. The fraction of sp³-hybridized carbons (Fsp3) is 0.158. The number of carbonyl (C=O) groups excluding carboxylic acids is 2. The van der Waals surface area contributed by atoms with E-state index < -0.39 is 0 Å². The summed E-state index contributed by atoms with van der Waals surface area (Å²) in [4.78, 5) is 24.1. The van der Waals surface area contributed by atoms with Crippen LogP contribution in [-0.4, -0.2) is 16.7 Å². The standard InChI is InChI=1S/C19H15ClO4/c1-11(21)2-8-16-15-9-7-14(22)10-17(15)24-19(16)18(23)12-3-5-13(20)6-4-12/h3-7,9-10,22H,2,8H2,1H3. The molecule has 0 saturated carbocycles. The van der Waals surface area contributed by atoms with Gasteiger partial charge in [0.1, 0.15) is 17.1 Å². The fourth-order valence-corrected chi connectivity index (χ4v) is 2.73. The molecule has 4 nitrogen and oxygen atoms in total. The van der Waals surface area contributed by atoms with Crippen LogP contribution in [0.2, 0.25) is 5.02 Å². The van der Waals surface area contributed by atoms with Crippen LogP contribution in [0.15, 0.2) is 46.9 Å². The molecule has 0 aliphatic rings. The van der Waals surface area contributed by atoms with Gasteiger partial charge in [0.25, 0.3) is 0 Å². The maximum Gasteiger partial charge on any atom is 0.228 e. The molecule has 0 aliphatic heterocycles. The van der Waals surface area contributed by atoms with Gasteiger partial charge >= 0.3 is 0 Å². The predicted octanol–water partition coefficient (Wildman–Crippen LogP) is 4.54. The van der Waals surface area contributed by atoms with Crippen LogP contribution in [0.4, 0.5) is 0 Å². The second-order valence-corrected chi connectivity index (χ2v) is 6.06. The molecule has 122 valence electrons. The maximum atomic E-state index is 12.8. The van der Waals surface area contributed by atoms with E-state index in [1.807, 2.05) is 0 Å². The van der Waals surface area contributed by atoms with Gasteiger partial charge in [0.15, 0.2) is 5.76 Å². The van der Waals surface area contributed by atoms with Crippen LogP contribution in [0.25, 0.3) is 11.0 Å². The SMILES string of the molecule is CC(=O)CCc1c(C(=O)c2ccc(Cl)cc2)oc2cc(O)ccc12. The van der Waals surface area contributed by atoms with Gasteiger partial charge in [0.05, 0.1) is 0 Å². The van der Waals surface area contributed by atoms with Crippen molar-refractivity contribution in [2.24, 2.45) is 0 Å². The van der Waals surface area contributed by atoms with E-state index in [0.29, 0.717) is 34.6 Å². The van der Waals surface area contributed by atoms with Crippen molar-refractivity contribution >= 4 is 34.1 Å². The van der Waals surface area contributed by atoms with Gasteiger partial charge in [-0.05, 0) is 49.7 Å². The third kappa shape index (κ3) is 3.19. The summed E-state index contributed by atoms with van der Waals surface area (Å²) in [6.45, 7) is 1.51. The maximum absolute atomic E-state index is 12.8. The number of halogens is 1. The van der Waals surface area contributed by atoms with Crippen molar-refractivity contribution in [3.63, 3.8) is 0 Å². The number of furan rings is 1. The zero-order chi connectivity index (χ0) is 17.3. The summed E-state index contributed by atoms with van der Waals surface area (Å²) < 4.78 is 5.70. The highest BCUT2D eigenvalue weighted by Crippen LogP contribution is 2.31. The number of benzene rings is 2. The average molecular weight is 343 g/mol. The van der Waals surface area contributed by atoms with Crippen LogP contribution in [0, 0.1) is 0 Å². The zero-order valence-electron chi connectivity index (χ0n) is 13.0. The number of aromatic hydroxyl groups is 1. The number of carbonyl (C=O) groups is 2. The molecule has 1 aromatic heterocycles. The van der Waals surface area contributed by atoms with Gasteiger partial charge in [0, 0.05) is 34.0 Å². The van der Waals surface area contributed by atoms with E-state index in [4.69, 9.17) is 16.0 Å². The highest BCUT2D eigenvalue weighted by Gasteiger charge is 2.22.